The van der Waals surface area contributed by atoms with Crippen LogP contribution in [0.25, 0.3) is 22.6 Å². The highest BCUT2D eigenvalue weighted by Crippen LogP contribution is 2.27. The lowest BCUT2D eigenvalue weighted by atomic mass is 10.2. The Morgan fingerprint density at radius 3 is 2.43 bits per heavy atom. The van der Waals surface area contributed by atoms with Gasteiger partial charge in [-0.15, -0.1) is 0 Å². The minimum absolute atomic E-state index is 0.282. The van der Waals surface area contributed by atoms with Crippen LogP contribution < -0.4 is 0 Å². The van der Waals surface area contributed by atoms with E-state index in [1.165, 1.54) is 0 Å². The van der Waals surface area contributed by atoms with Crippen molar-refractivity contribution in [2.75, 3.05) is 0 Å². The van der Waals surface area contributed by atoms with Gasteiger partial charge < -0.3 is 9.67 Å². The second kappa shape index (κ2) is 5.30. The Balaban J connectivity index is 2.24. The lowest BCUT2D eigenvalue weighted by Crippen LogP contribution is -2.05. The van der Waals surface area contributed by atoms with Crippen LogP contribution in [0.15, 0.2) is 42.5 Å². The van der Waals surface area contributed by atoms with Gasteiger partial charge in [-0.05, 0) is 45.0 Å². The highest BCUT2D eigenvalue weighted by molar-refractivity contribution is 5.80. The van der Waals surface area contributed by atoms with Gasteiger partial charge in [0.1, 0.15) is 5.69 Å². The molecule has 4 nitrogen and oxygen atoms in total. The molecule has 3 rings (SSSR count). The van der Waals surface area contributed by atoms with Gasteiger partial charge in [0, 0.05) is 6.04 Å². The van der Waals surface area contributed by atoms with Gasteiger partial charge in [0.2, 0.25) is 0 Å². The van der Waals surface area contributed by atoms with Crippen molar-refractivity contribution in [3.63, 3.8) is 0 Å². The molecule has 0 bridgehead atoms. The van der Waals surface area contributed by atoms with E-state index in [9.17, 15) is 5.11 Å². The van der Waals surface area contributed by atoms with Gasteiger partial charge in [-0.2, -0.15) is 0 Å². The van der Waals surface area contributed by atoms with Crippen LogP contribution in [0, 0.1) is 0 Å². The molecule has 0 aliphatic rings. The van der Waals surface area contributed by atoms with E-state index in [0.29, 0.717) is 5.69 Å². The second-order valence-corrected chi connectivity index (χ2v) is 5.51. The summed E-state index contributed by atoms with van der Waals surface area (Å²) in [4.78, 5) is 9.27. The van der Waals surface area contributed by atoms with Crippen LogP contribution in [0.2, 0.25) is 0 Å². The van der Waals surface area contributed by atoms with E-state index in [1.54, 1.807) is 6.92 Å². The molecule has 2 heterocycles. The molecule has 108 valence electrons. The molecule has 1 aromatic carbocycles. The maximum Gasteiger partial charge on any atom is 0.160 e. The monoisotopic (exact) mass is 281 g/mol. The Morgan fingerprint density at radius 2 is 1.71 bits per heavy atom. The smallest absolute Gasteiger partial charge is 0.160 e. The van der Waals surface area contributed by atoms with Gasteiger partial charge >= 0.3 is 0 Å². The molecular formula is C17H19N3O. The largest absolute Gasteiger partial charge is 0.387 e. The number of benzene rings is 1. The van der Waals surface area contributed by atoms with Crippen LogP contribution in [0.3, 0.4) is 0 Å². The van der Waals surface area contributed by atoms with Crippen molar-refractivity contribution in [3.8, 4) is 11.5 Å². The van der Waals surface area contributed by atoms with Crippen molar-refractivity contribution in [1.29, 1.82) is 0 Å². The predicted octanol–water partition coefficient (Wildman–Crippen LogP) is 3.73. The summed E-state index contributed by atoms with van der Waals surface area (Å²) in [5.74, 6) is 0.841. The zero-order chi connectivity index (χ0) is 15.0. The number of hydrogen-bond donors (Lipinski definition) is 1. The van der Waals surface area contributed by atoms with E-state index in [1.807, 2.05) is 36.4 Å². The summed E-state index contributed by atoms with van der Waals surface area (Å²) < 4.78 is 2.18. The first-order valence-corrected chi connectivity index (χ1v) is 7.20. The molecule has 0 aliphatic carbocycles. The predicted molar refractivity (Wildman–Crippen MR) is 84.0 cm³/mol. The third-order valence-electron chi connectivity index (χ3n) is 3.54. The number of rotatable bonds is 3. The van der Waals surface area contributed by atoms with Crippen LogP contribution in [0.5, 0.6) is 0 Å². The molecule has 2 aromatic heterocycles. The molecule has 0 fully saturated rings. The number of nitrogens with zero attached hydrogens (tertiary/aromatic N) is 3. The van der Waals surface area contributed by atoms with Crippen molar-refractivity contribution < 1.29 is 5.11 Å². The number of aliphatic hydroxyl groups excluding tert-OH is 1. The molecule has 0 radical (unpaired) electrons. The van der Waals surface area contributed by atoms with E-state index in [0.717, 1.165) is 22.6 Å². The minimum Gasteiger partial charge on any atom is -0.387 e. The first-order chi connectivity index (χ1) is 10.1. The molecule has 0 spiro atoms. The number of imidazole rings is 1. The summed E-state index contributed by atoms with van der Waals surface area (Å²) in [5, 5.41) is 9.72. The summed E-state index contributed by atoms with van der Waals surface area (Å²) in [6.07, 6.45) is -0.582. The maximum absolute atomic E-state index is 9.72. The molecule has 1 unspecified atom stereocenters. The number of pyridine rings is 1. The number of hydrogen-bond acceptors (Lipinski definition) is 3. The molecule has 21 heavy (non-hydrogen) atoms. The molecule has 3 aromatic rings. The Bertz CT molecular complexity index is 775. The van der Waals surface area contributed by atoms with Crippen LogP contribution >= 0.6 is 0 Å². The van der Waals surface area contributed by atoms with E-state index in [4.69, 9.17) is 4.98 Å². The molecule has 0 saturated carbocycles. The molecule has 0 aliphatic heterocycles. The summed E-state index contributed by atoms with van der Waals surface area (Å²) in [6, 6.07) is 14.1. The maximum atomic E-state index is 9.72. The molecule has 1 atom stereocenters. The molecular weight excluding hydrogens is 262 g/mol. The van der Waals surface area contributed by atoms with E-state index >= 15 is 0 Å². The first kappa shape index (κ1) is 13.8. The average Bonchev–Trinajstić information content (AvgIpc) is 2.87. The number of para-hydroxylation sites is 2. The van der Waals surface area contributed by atoms with Crippen LogP contribution in [0.1, 0.15) is 38.6 Å². The van der Waals surface area contributed by atoms with Crippen molar-refractivity contribution in [1.82, 2.24) is 14.5 Å². The van der Waals surface area contributed by atoms with Gasteiger partial charge in [-0.3, -0.25) is 0 Å². The molecule has 0 amide bonds. The fraction of sp³-hybridized carbons (Fsp3) is 0.294. The zero-order valence-electron chi connectivity index (χ0n) is 12.5. The highest BCUT2D eigenvalue weighted by Gasteiger charge is 2.16. The Hall–Kier alpha value is -2.20. The Kier molecular flexibility index (Phi) is 3.47. The minimum atomic E-state index is -0.582. The highest BCUT2D eigenvalue weighted by atomic mass is 16.3. The zero-order valence-corrected chi connectivity index (χ0v) is 12.5. The number of aromatic nitrogens is 3. The van der Waals surface area contributed by atoms with Gasteiger partial charge in [0.05, 0.1) is 22.8 Å². The first-order valence-electron chi connectivity index (χ1n) is 7.20. The lowest BCUT2D eigenvalue weighted by molar-refractivity contribution is 0.194. The van der Waals surface area contributed by atoms with Crippen LogP contribution in [0.4, 0.5) is 0 Å². The van der Waals surface area contributed by atoms with Crippen molar-refractivity contribution in [2.24, 2.45) is 0 Å². The topological polar surface area (TPSA) is 50.9 Å². The standard InChI is InChI=1S/C17H19N3O/c1-11(2)20-16-10-5-4-7-14(16)19-17(20)15-9-6-8-13(18-15)12(3)21/h4-12,21H,1-3H3. The van der Waals surface area contributed by atoms with E-state index < -0.39 is 6.10 Å². The third kappa shape index (κ3) is 2.43. The molecule has 4 heteroatoms. The van der Waals surface area contributed by atoms with Crippen molar-refractivity contribution in [2.45, 2.75) is 32.9 Å². The summed E-state index contributed by atoms with van der Waals surface area (Å²) in [6.45, 7) is 5.99. The Labute approximate surface area is 124 Å². The summed E-state index contributed by atoms with van der Waals surface area (Å²) >= 11 is 0. The average molecular weight is 281 g/mol. The number of fused-ring (bicyclic) bond motifs is 1. The second-order valence-electron chi connectivity index (χ2n) is 5.51. The molecule has 0 saturated heterocycles. The van der Waals surface area contributed by atoms with Gasteiger partial charge in [0.25, 0.3) is 0 Å². The third-order valence-corrected chi connectivity index (χ3v) is 3.54. The van der Waals surface area contributed by atoms with Crippen LogP contribution in [-0.2, 0) is 0 Å². The summed E-state index contributed by atoms with van der Waals surface area (Å²) in [5.41, 5.74) is 3.52. The SMILES string of the molecule is CC(O)c1cccc(-c2nc3ccccc3n2C(C)C)n1. The van der Waals surface area contributed by atoms with Crippen molar-refractivity contribution >= 4 is 11.0 Å². The lowest BCUT2D eigenvalue weighted by Gasteiger charge is -2.13. The van der Waals surface area contributed by atoms with Gasteiger partial charge in [-0.1, -0.05) is 18.2 Å². The Morgan fingerprint density at radius 1 is 0.952 bits per heavy atom. The fourth-order valence-electron chi connectivity index (χ4n) is 2.56. The van der Waals surface area contributed by atoms with Gasteiger partial charge in [0.15, 0.2) is 5.82 Å². The van der Waals surface area contributed by atoms with Gasteiger partial charge in [-0.25, -0.2) is 9.97 Å². The van der Waals surface area contributed by atoms with Crippen LogP contribution in [-0.4, -0.2) is 19.6 Å². The molecule has 1 N–H and O–H groups in total. The summed E-state index contributed by atoms with van der Waals surface area (Å²) in [7, 11) is 0. The van der Waals surface area contributed by atoms with Crippen molar-refractivity contribution in [3.05, 3.63) is 48.2 Å². The van der Waals surface area contributed by atoms with E-state index in [2.05, 4.69) is 29.5 Å². The quantitative estimate of drug-likeness (QED) is 0.795. The number of aliphatic hydroxyl groups is 1. The normalized spacial score (nSPS) is 13.0. The van der Waals surface area contributed by atoms with E-state index in [-0.39, 0.29) is 6.04 Å². The fourth-order valence-corrected chi connectivity index (χ4v) is 2.56.